The van der Waals surface area contributed by atoms with Crippen molar-refractivity contribution in [3.05, 3.63) is 12.2 Å². The predicted molar refractivity (Wildman–Crippen MR) is 29.9 cm³/mol. The van der Waals surface area contributed by atoms with Gasteiger partial charge >= 0.3 is 0 Å². The maximum Gasteiger partial charge on any atom is 0.300 e. The predicted octanol–water partition coefficient (Wildman–Crippen LogP) is 1.53. The SMILES string of the molecule is [2H]C1(F)C(O)(F)C=CC(F)(F)C1([2H])F. The first kappa shape index (κ1) is 6.82. The summed E-state index contributed by atoms with van der Waals surface area (Å²) in [4.78, 5) is 0. The molecule has 0 heterocycles. The lowest BCUT2D eigenvalue weighted by atomic mass is 9.96. The quantitative estimate of drug-likeness (QED) is 0.453. The van der Waals surface area contributed by atoms with Gasteiger partial charge in [-0.3, -0.25) is 0 Å². The highest BCUT2D eigenvalue weighted by Gasteiger charge is 2.56. The van der Waals surface area contributed by atoms with E-state index in [1.807, 2.05) is 0 Å². The number of aliphatic hydroxyl groups is 1. The molecule has 0 aromatic heterocycles. The van der Waals surface area contributed by atoms with Crippen LogP contribution in [0.5, 0.6) is 0 Å². The minimum Gasteiger partial charge on any atom is -0.356 e. The molecule has 0 saturated carbocycles. The number of halogens is 5. The van der Waals surface area contributed by atoms with Gasteiger partial charge in [-0.05, 0) is 12.2 Å². The maximum absolute atomic E-state index is 12.9. The van der Waals surface area contributed by atoms with Gasteiger partial charge in [0.25, 0.3) is 11.8 Å². The highest BCUT2D eigenvalue weighted by atomic mass is 19.3. The molecule has 1 aliphatic rings. The molecule has 1 rings (SSSR count). The minimum atomic E-state index is -4.89. The fraction of sp³-hybridized carbons (Fsp3) is 0.667. The van der Waals surface area contributed by atoms with E-state index in [4.69, 9.17) is 7.85 Å². The normalized spacial score (nSPS) is 60.8. The summed E-state index contributed by atoms with van der Waals surface area (Å²) in [7, 11) is 0. The van der Waals surface area contributed by atoms with E-state index >= 15 is 0 Å². The van der Waals surface area contributed by atoms with Gasteiger partial charge in [0.05, 0.1) is 2.74 Å². The third kappa shape index (κ3) is 1.31. The second-order valence-electron chi connectivity index (χ2n) is 2.26. The highest BCUT2D eigenvalue weighted by Crippen LogP contribution is 2.37. The van der Waals surface area contributed by atoms with Crippen molar-refractivity contribution < 1.29 is 29.8 Å². The van der Waals surface area contributed by atoms with E-state index in [1.165, 1.54) is 0 Å². The van der Waals surface area contributed by atoms with Gasteiger partial charge in [-0.25, -0.2) is 13.2 Å². The second kappa shape index (κ2) is 2.42. The molecule has 1 aliphatic carbocycles. The standard InChI is InChI=1S/C6H5F5O/c7-3-4(8)6(11,12)2-1-5(3,9)10/h1-4,12H/i3D,4D. The van der Waals surface area contributed by atoms with Crippen molar-refractivity contribution in [2.45, 2.75) is 24.1 Å². The van der Waals surface area contributed by atoms with Crippen LogP contribution in [0.1, 0.15) is 2.74 Å². The van der Waals surface area contributed by atoms with Crippen molar-refractivity contribution in [1.82, 2.24) is 0 Å². The Bertz CT molecular complexity index is 258. The first-order chi connectivity index (χ1) is 5.96. The van der Waals surface area contributed by atoms with Crippen molar-refractivity contribution in [3.8, 4) is 0 Å². The van der Waals surface area contributed by atoms with Crippen LogP contribution < -0.4 is 0 Å². The smallest absolute Gasteiger partial charge is 0.300 e. The van der Waals surface area contributed by atoms with Crippen LogP contribution in [0.25, 0.3) is 0 Å². The van der Waals surface area contributed by atoms with Crippen molar-refractivity contribution in [2.75, 3.05) is 0 Å². The molecule has 0 spiro atoms. The molecule has 0 amide bonds. The molecule has 1 N–H and O–H groups in total. The Labute approximate surface area is 67.3 Å². The van der Waals surface area contributed by atoms with Crippen LogP contribution in [0.2, 0.25) is 0 Å². The number of alkyl halides is 5. The van der Waals surface area contributed by atoms with E-state index in [0.717, 1.165) is 0 Å². The third-order valence-corrected chi connectivity index (χ3v) is 1.31. The fourth-order valence-electron chi connectivity index (χ4n) is 0.662. The average molecular weight is 190 g/mol. The lowest BCUT2D eigenvalue weighted by molar-refractivity contribution is -0.175. The maximum atomic E-state index is 12.9. The summed E-state index contributed by atoms with van der Waals surface area (Å²) < 4.78 is 76.0. The summed E-state index contributed by atoms with van der Waals surface area (Å²) in [6.45, 7) is 0. The van der Waals surface area contributed by atoms with Crippen LogP contribution in [-0.4, -0.2) is 29.2 Å². The Kier molecular flexibility index (Phi) is 1.37. The Morgan fingerprint density at radius 2 is 1.67 bits per heavy atom. The van der Waals surface area contributed by atoms with Crippen LogP contribution in [0.15, 0.2) is 12.2 Å². The molecule has 0 radical (unpaired) electrons. The van der Waals surface area contributed by atoms with Gasteiger partial charge in [-0.2, -0.15) is 8.78 Å². The lowest BCUT2D eigenvalue weighted by Crippen LogP contribution is -2.50. The molecule has 12 heavy (non-hydrogen) atoms. The Morgan fingerprint density at radius 1 is 1.17 bits per heavy atom. The monoisotopic (exact) mass is 190 g/mol. The van der Waals surface area contributed by atoms with Gasteiger partial charge < -0.3 is 5.11 Å². The molecule has 3 unspecified atom stereocenters. The molecule has 70 valence electrons. The van der Waals surface area contributed by atoms with E-state index in [-0.39, 0.29) is 6.08 Å². The van der Waals surface area contributed by atoms with E-state index in [9.17, 15) is 22.0 Å². The van der Waals surface area contributed by atoms with Gasteiger partial charge in [0.2, 0.25) is 6.15 Å². The number of hydrogen-bond acceptors (Lipinski definition) is 1. The summed E-state index contributed by atoms with van der Waals surface area (Å²) in [6.07, 6.45) is -10.5. The lowest BCUT2D eigenvalue weighted by Gasteiger charge is -2.30. The van der Waals surface area contributed by atoms with E-state index in [0.29, 0.717) is 0 Å². The summed E-state index contributed by atoms with van der Waals surface area (Å²) in [5, 5.41) is 8.46. The highest BCUT2D eigenvalue weighted by molar-refractivity contribution is 5.15. The molecule has 0 fully saturated rings. The van der Waals surface area contributed by atoms with Gasteiger partial charge in [0, 0.05) is 0 Å². The van der Waals surface area contributed by atoms with Crippen molar-refractivity contribution in [3.63, 3.8) is 0 Å². The second-order valence-corrected chi connectivity index (χ2v) is 2.26. The zero-order valence-electron chi connectivity index (χ0n) is 7.49. The van der Waals surface area contributed by atoms with Crippen molar-refractivity contribution in [2.24, 2.45) is 0 Å². The summed E-state index contributed by atoms with van der Waals surface area (Å²) in [5.74, 6) is -8.94. The molecule has 6 heteroatoms. The van der Waals surface area contributed by atoms with Gasteiger partial charge in [-0.15, -0.1) is 0 Å². The molecule has 0 aromatic carbocycles. The first-order valence-corrected chi connectivity index (χ1v) is 2.83. The topological polar surface area (TPSA) is 20.2 Å². The van der Waals surface area contributed by atoms with E-state index in [1.54, 1.807) is 0 Å². The number of rotatable bonds is 0. The van der Waals surface area contributed by atoms with Gasteiger partial charge in [0.1, 0.15) is 0 Å². The Hall–Kier alpha value is -0.650. The van der Waals surface area contributed by atoms with Crippen molar-refractivity contribution >= 4 is 0 Å². The first-order valence-electron chi connectivity index (χ1n) is 3.83. The number of allylic oxidation sites excluding steroid dienone is 1. The molecule has 1 nitrogen and oxygen atoms in total. The summed E-state index contributed by atoms with van der Waals surface area (Å²) >= 11 is 0. The van der Waals surface area contributed by atoms with Crippen LogP contribution in [0.4, 0.5) is 22.0 Å². The summed E-state index contributed by atoms with van der Waals surface area (Å²) in [6, 6.07) is 0. The molecular weight excluding hydrogens is 183 g/mol. The fourth-order valence-corrected chi connectivity index (χ4v) is 0.662. The van der Waals surface area contributed by atoms with Crippen LogP contribution in [0.3, 0.4) is 0 Å². The largest absolute Gasteiger partial charge is 0.356 e. The zero-order chi connectivity index (χ0) is 11.4. The molecule has 0 saturated heterocycles. The Balaban J connectivity index is 3.36. The molecular formula is C6H5F5O. The van der Waals surface area contributed by atoms with Crippen LogP contribution in [0, 0.1) is 0 Å². The minimum absolute atomic E-state index is 0.383. The van der Waals surface area contributed by atoms with Crippen LogP contribution >= 0.6 is 0 Å². The average Bonchev–Trinajstić information content (AvgIpc) is 1.98. The third-order valence-electron chi connectivity index (χ3n) is 1.31. The van der Waals surface area contributed by atoms with Gasteiger partial charge in [-0.1, -0.05) is 0 Å². The molecule has 0 bridgehead atoms. The van der Waals surface area contributed by atoms with Crippen molar-refractivity contribution in [1.29, 1.82) is 0 Å². The van der Waals surface area contributed by atoms with Crippen LogP contribution in [-0.2, 0) is 0 Å². The molecule has 3 atom stereocenters. The molecule has 0 aromatic rings. The number of hydrogen-bond donors (Lipinski definition) is 1. The van der Waals surface area contributed by atoms with E-state index < -0.39 is 30.1 Å². The van der Waals surface area contributed by atoms with E-state index in [2.05, 4.69) is 0 Å². The summed E-state index contributed by atoms with van der Waals surface area (Å²) in [5.41, 5.74) is 0. The zero-order valence-corrected chi connectivity index (χ0v) is 5.49. The molecule has 0 aliphatic heterocycles. The Morgan fingerprint density at radius 3 is 2.08 bits per heavy atom. The van der Waals surface area contributed by atoms with Gasteiger partial charge in [0.15, 0.2) is 6.15 Å².